The van der Waals surface area contributed by atoms with E-state index in [2.05, 4.69) is 20.0 Å². The van der Waals surface area contributed by atoms with E-state index in [1.165, 1.54) is 41.3 Å². The topological polar surface area (TPSA) is 178 Å². The maximum Gasteiger partial charge on any atom is 0.433 e. The molecule has 2 amide bonds. The first-order valence-corrected chi connectivity index (χ1v) is 11.8. The van der Waals surface area contributed by atoms with Crippen LogP contribution in [-0.2, 0) is 14.8 Å². The van der Waals surface area contributed by atoms with Gasteiger partial charge >= 0.3 is 5.88 Å². The highest BCUT2D eigenvalue weighted by atomic mass is 32.2. The summed E-state index contributed by atoms with van der Waals surface area (Å²) in [5.74, 6) is -1.50. The molecule has 2 aromatic heterocycles. The summed E-state index contributed by atoms with van der Waals surface area (Å²) >= 11 is 0. The second kappa shape index (κ2) is 9.13. The maximum absolute atomic E-state index is 12.6. The number of furan rings is 1. The highest BCUT2D eigenvalue weighted by Gasteiger charge is 2.37. The van der Waals surface area contributed by atoms with Crippen LogP contribution in [0.1, 0.15) is 22.1 Å². The first-order chi connectivity index (χ1) is 16.5. The van der Waals surface area contributed by atoms with Gasteiger partial charge in [0.15, 0.2) is 5.76 Å². The lowest BCUT2D eigenvalue weighted by Crippen LogP contribution is -2.54. The molecule has 2 N–H and O–H groups in total. The molecule has 1 saturated heterocycles. The number of aryl methyl sites for hydroxylation is 2. The van der Waals surface area contributed by atoms with E-state index in [0.29, 0.717) is 17.2 Å². The zero-order valence-electron chi connectivity index (χ0n) is 18.6. The van der Waals surface area contributed by atoms with E-state index in [1.807, 2.05) is 0 Å². The number of rotatable bonds is 7. The van der Waals surface area contributed by atoms with E-state index in [0.717, 1.165) is 6.07 Å². The molecule has 1 aromatic carbocycles. The average molecular weight is 500 g/mol. The number of nitrogens with one attached hydrogen (secondary N) is 2. The van der Waals surface area contributed by atoms with Crippen LogP contribution in [0, 0.1) is 29.9 Å². The molecule has 0 bridgehead atoms. The largest absolute Gasteiger partial charge is 0.433 e. The lowest BCUT2D eigenvalue weighted by molar-refractivity contribution is -0.402. The van der Waals surface area contributed by atoms with Crippen LogP contribution in [0.15, 0.2) is 51.8 Å². The Morgan fingerprint density at radius 1 is 1.11 bits per heavy atom. The standard InChI is InChI=1S/C21H20N6O7S/c1-12-9-18(23-13(2)22-12)25-35(32,33)16-5-3-15(4-6-16)24-20(28)14-10-26(11-14)21(29)17-7-8-19(34-17)27(30)31/h3-9,14H,10-11H2,1-2H3,(H,24,28)(H,22,23,25). The third-order valence-corrected chi connectivity index (χ3v) is 6.53. The summed E-state index contributed by atoms with van der Waals surface area (Å²) in [6, 6.07) is 9.41. The SMILES string of the molecule is Cc1cc(NS(=O)(=O)c2ccc(NC(=O)C3CN(C(=O)c4ccc([N+](=O)[O-])o4)C3)cc2)nc(C)n1. The molecule has 14 heteroatoms. The summed E-state index contributed by atoms with van der Waals surface area (Å²) < 4.78 is 32.6. The Kier molecular flexibility index (Phi) is 6.22. The van der Waals surface area contributed by atoms with Crippen LogP contribution in [0.3, 0.4) is 0 Å². The number of nitrogens with zero attached hydrogens (tertiary/aromatic N) is 4. The van der Waals surface area contributed by atoms with Crippen LogP contribution in [-0.4, -0.2) is 53.1 Å². The lowest BCUT2D eigenvalue weighted by Gasteiger charge is -2.37. The summed E-state index contributed by atoms with van der Waals surface area (Å²) in [4.78, 5) is 44.2. The number of carbonyl (C=O) groups excluding carboxylic acids is 2. The van der Waals surface area contributed by atoms with Gasteiger partial charge < -0.3 is 14.6 Å². The predicted molar refractivity (Wildman–Crippen MR) is 122 cm³/mol. The van der Waals surface area contributed by atoms with Crippen molar-refractivity contribution in [3.05, 3.63) is 69.9 Å². The minimum atomic E-state index is -3.90. The second-order valence-corrected chi connectivity index (χ2v) is 9.55. The summed E-state index contributed by atoms with van der Waals surface area (Å²) in [7, 11) is -3.90. The number of carbonyl (C=O) groups is 2. The fourth-order valence-electron chi connectivity index (χ4n) is 3.43. The van der Waals surface area contributed by atoms with Crippen molar-refractivity contribution in [1.82, 2.24) is 14.9 Å². The number of hydrogen-bond donors (Lipinski definition) is 2. The zero-order chi connectivity index (χ0) is 25.3. The number of amides is 2. The van der Waals surface area contributed by atoms with E-state index in [-0.39, 0.29) is 35.5 Å². The molecule has 0 spiro atoms. The summed E-state index contributed by atoms with van der Waals surface area (Å²) in [5, 5.41) is 13.4. The van der Waals surface area contributed by atoms with Crippen LogP contribution in [0.4, 0.5) is 17.4 Å². The summed E-state index contributed by atoms with van der Waals surface area (Å²) in [6.07, 6.45) is 0. The molecule has 182 valence electrons. The monoisotopic (exact) mass is 500 g/mol. The van der Waals surface area contributed by atoms with Gasteiger partial charge in [-0.2, -0.15) is 0 Å². The van der Waals surface area contributed by atoms with Crippen molar-refractivity contribution in [3.63, 3.8) is 0 Å². The molecule has 3 heterocycles. The van der Waals surface area contributed by atoms with E-state index in [1.54, 1.807) is 13.8 Å². The smallest absolute Gasteiger partial charge is 0.395 e. The Balaban J connectivity index is 1.33. The van der Waals surface area contributed by atoms with Gasteiger partial charge in [0.2, 0.25) is 5.91 Å². The van der Waals surface area contributed by atoms with Crippen molar-refractivity contribution in [2.24, 2.45) is 5.92 Å². The van der Waals surface area contributed by atoms with Crippen LogP contribution in [0.2, 0.25) is 0 Å². The Morgan fingerprint density at radius 2 is 1.80 bits per heavy atom. The number of anilines is 2. The van der Waals surface area contributed by atoms with Crippen molar-refractivity contribution in [2.75, 3.05) is 23.1 Å². The first kappa shape index (κ1) is 23.8. The van der Waals surface area contributed by atoms with Gasteiger partial charge in [-0.25, -0.2) is 18.4 Å². The van der Waals surface area contributed by atoms with E-state index in [9.17, 15) is 28.1 Å². The molecule has 0 unspecified atom stereocenters. The van der Waals surface area contributed by atoms with Crippen molar-refractivity contribution >= 4 is 39.2 Å². The molecule has 0 aliphatic carbocycles. The number of likely N-dealkylation sites (tertiary alicyclic amines) is 1. The van der Waals surface area contributed by atoms with Crippen LogP contribution in [0.25, 0.3) is 0 Å². The number of nitro groups is 1. The highest BCUT2D eigenvalue weighted by Crippen LogP contribution is 2.24. The van der Waals surface area contributed by atoms with Crippen LogP contribution >= 0.6 is 0 Å². The molecule has 0 saturated carbocycles. The first-order valence-electron chi connectivity index (χ1n) is 10.3. The van der Waals surface area contributed by atoms with Gasteiger partial charge in [-0.3, -0.25) is 24.4 Å². The third-order valence-electron chi connectivity index (χ3n) is 5.16. The molecule has 1 fully saturated rings. The molecular weight excluding hydrogens is 480 g/mol. The molecule has 0 radical (unpaired) electrons. The normalized spacial score (nSPS) is 13.7. The van der Waals surface area contributed by atoms with Gasteiger partial charge in [-0.15, -0.1) is 0 Å². The molecular formula is C21H20N6O7S. The van der Waals surface area contributed by atoms with Gasteiger partial charge in [0.25, 0.3) is 15.9 Å². The molecule has 13 nitrogen and oxygen atoms in total. The van der Waals surface area contributed by atoms with Gasteiger partial charge in [0.05, 0.1) is 16.9 Å². The Bertz CT molecular complexity index is 1390. The predicted octanol–water partition coefficient (Wildman–Crippen LogP) is 2.11. The Morgan fingerprint density at radius 3 is 2.40 bits per heavy atom. The fourth-order valence-corrected chi connectivity index (χ4v) is 4.43. The quantitative estimate of drug-likeness (QED) is 0.363. The minimum absolute atomic E-state index is 0.0163. The highest BCUT2D eigenvalue weighted by molar-refractivity contribution is 7.92. The summed E-state index contributed by atoms with van der Waals surface area (Å²) in [6.45, 7) is 3.62. The van der Waals surface area contributed by atoms with Crippen molar-refractivity contribution in [2.45, 2.75) is 18.7 Å². The van der Waals surface area contributed by atoms with Crippen molar-refractivity contribution < 1.29 is 27.3 Å². The fraction of sp³-hybridized carbons (Fsp3) is 0.238. The van der Waals surface area contributed by atoms with Crippen molar-refractivity contribution in [3.8, 4) is 0 Å². The van der Waals surface area contributed by atoms with Crippen LogP contribution in [0.5, 0.6) is 0 Å². The molecule has 1 aliphatic rings. The van der Waals surface area contributed by atoms with Gasteiger partial charge in [0.1, 0.15) is 16.6 Å². The lowest BCUT2D eigenvalue weighted by atomic mass is 9.98. The van der Waals surface area contributed by atoms with E-state index in [4.69, 9.17) is 4.42 Å². The summed E-state index contributed by atoms with van der Waals surface area (Å²) in [5.41, 5.74) is 1.00. The molecule has 3 aromatic rings. The Hall–Kier alpha value is -4.33. The van der Waals surface area contributed by atoms with Gasteiger partial charge in [-0.1, -0.05) is 0 Å². The number of benzene rings is 1. The van der Waals surface area contributed by atoms with Crippen LogP contribution < -0.4 is 10.0 Å². The van der Waals surface area contributed by atoms with E-state index < -0.39 is 32.7 Å². The average Bonchev–Trinajstić information content (AvgIpc) is 3.22. The van der Waals surface area contributed by atoms with E-state index >= 15 is 0 Å². The minimum Gasteiger partial charge on any atom is -0.395 e. The number of hydrogen-bond acceptors (Lipinski definition) is 9. The molecule has 35 heavy (non-hydrogen) atoms. The molecule has 1 aliphatic heterocycles. The van der Waals surface area contributed by atoms with Crippen molar-refractivity contribution in [1.29, 1.82) is 0 Å². The number of sulfonamides is 1. The maximum atomic E-state index is 12.6. The van der Waals surface area contributed by atoms with Gasteiger partial charge in [0, 0.05) is 30.5 Å². The van der Waals surface area contributed by atoms with Gasteiger partial charge in [-0.05, 0) is 44.2 Å². The zero-order valence-corrected chi connectivity index (χ0v) is 19.4. The number of aromatic nitrogens is 2. The second-order valence-electron chi connectivity index (χ2n) is 7.86. The third kappa shape index (κ3) is 5.27. The molecule has 4 rings (SSSR count). The Labute approximate surface area is 199 Å². The molecule has 0 atom stereocenters.